The molecule has 0 atom stereocenters. The largest absolute Gasteiger partial charge is 0.496 e. The van der Waals surface area contributed by atoms with E-state index in [9.17, 15) is 9.59 Å². The van der Waals surface area contributed by atoms with Gasteiger partial charge in [0.05, 0.1) is 18.2 Å². The second kappa shape index (κ2) is 7.13. The summed E-state index contributed by atoms with van der Waals surface area (Å²) in [7, 11) is 3.13. The molecule has 0 heterocycles. The normalized spacial score (nSPS) is 9.89. The molecule has 0 saturated heterocycles. The molecule has 0 aliphatic heterocycles. The van der Waals surface area contributed by atoms with Gasteiger partial charge in [0, 0.05) is 13.6 Å². The fraction of sp³-hybridized carbons (Fsp3) is 0.385. The molecule has 6 heteroatoms. The fourth-order valence-corrected chi connectivity index (χ4v) is 2.09. The standard InChI is InChI=1S/C13H16BrNO4/c1-4-19-13(17)12(16)15(2)8-9-5-6-11(18-3)10(14)7-9/h5-7H,4,8H2,1-3H3. The Kier molecular flexibility index (Phi) is 5.82. The predicted molar refractivity (Wildman–Crippen MR) is 73.8 cm³/mol. The number of nitrogens with zero attached hydrogens (tertiary/aromatic N) is 1. The molecule has 1 aromatic carbocycles. The lowest BCUT2D eigenvalue weighted by Crippen LogP contribution is -2.34. The van der Waals surface area contributed by atoms with Gasteiger partial charge in [0.2, 0.25) is 0 Å². The third-order valence-corrected chi connectivity index (χ3v) is 3.05. The molecule has 0 radical (unpaired) electrons. The number of carbonyl (C=O) groups excluding carboxylic acids is 2. The van der Waals surface area contributed by atoms with Gasteiger partial charge in [0.1, 0.15) is 5.75 Å². The zero-order valence-corrected chi connectivity index (χ0v) is 12.7. The van der Waals surface area contributed by atoms with Crippen LogP contribution in [-0.4, -0.2) is 37.5 Å². The molecule has 0 fully saturated rings. The lowest BCUT2D eigenvalue weighted by atomic mass is 10.2. The summed E-state index contributed by atoms with van der Waals surface area (Å²) in [5.74, 6) is -0.783. The van der Waals surface area contributed by atoms with Gasteiger partial charge in [-0.1, -0.05) is 6.07 Å². The van der Waals surface area contributed by atoms with Gasteiger partial charge in [-0.2, -0.15) is 0 Å². The van der Waals surface area contributed by atoms with E-state index >= 15 is 0 Å². The summed E-state index contributed by atoms with van der Waals surface area (Å²) >= 11 is 3.37. The number of likely N-dealkylation sites (N-methyl/N-ethyl adjacent to an activating group) is 1. The zero-order chi connectivity index (χ0) is 14.4. The number of halogens is 1. The number of esters is 1. The van der Waals surface area contributed by atoms with E-state index in [1.165, 1.54) is 4.90 Å². The van der Waals surface area contributed by atoms with Crippen molar-refractivity contribution in [3.63, 3.8) is 0 Å². The van der Waals surface area contributed by atoms with Crippen molar-refractivity contribution in [2.75, 3.05) is 20.8 Å². The number of carbonyl (C=O) groups is 2. The molecule has 0 N–H and O–H groups in total. The Balaban J connectivity index is 2.71. The Bertz CT molecular complexity index is 476. The van der Waals surface area contributed by atoms with Crippen molar-refractivity contribution >= 4 is 27.8 Å². The molecule has 104 valence electrons. The van der Waals surface area contributed by atoms with Crippen molar-refractivity contribution in [2.45, 2.75) is 13.5 Å². The first kappa shape index (κ1) is 15.5. The number of ether oxygens (including phenoxy) is 2. The summed E-state index contributed by atoms with van der Waals surface area (Å²) < 4.78 is 10.6. The van der Waals surface area contributed by atoms with Crippen LogP contribution in [0.5, 0.6) is 5.75 Å². The Morgan fingerprint density at radius 2 is 2.05 bits per heavy atom. The highest BCUT2D eigenvalue weighted by Gasteiger charge is 2.20. The average molecular weight is 330 g/mol. The molecular weight excluding hydrogens is 314 g/mol. The summed E-state index contributed by atoms with van der Waals surface area (Å²) in [6.07, 6.45) is 0. The molecule has 0 bridgehead atoms. The number of hydrogen-bond donors (Lipinski definition) is 0. The highest BCUT2D eigenvalue weighted by Crippen LogP contribution is 2.25. The van der Waals surface area contributed by atoms with E-state index in [1.807, 2.05) is 12.1 Å². The van der Waals surface area contributed by atoms with Crippen molar-refractivity contribution in [1.29, 1.82) is 0 Å². The maximum Gasteiger partial charge on any atom is 0.397 e. The van der Waals surface area contributed by atoms with E-state index in [4.69, 9.17) is 4.74 Å². The van der Waals surface area contributed by atoms with Crippen molar-refractivity contribution in [3.8, 4) is 5.75 Å². The lowest BCUT2D eigenvalue weighted by Gasteiger charge is -2.16. The van der Waals surface area contributed by atoms with Crippen LogP contribution in [-0.2, 0) is 20.9 Å². The van der Waals surface area contributed by atoms with E-state index in [0.29, 0.717) is 12.3 Å². The summed E-state index contributed by atoms with van der Waals surface area (Å²) in [5.41, 5.74) is 0.882. The Morgan fingerprint density at radius 3 is 2.58 bits per heavy atom. The van der Waals surface area contributed by atoms with Crippen molar-refractivity contribution in [2.24, 2.45) is 0 Å². The predicted octanol–water partition coefficient (Wildman–Crippen LogP) is 1.98. The molecule has 0 unspecified atom stereocenters. The van der Waals surface area contributed by atoms with E-state index in [1.54, 1.807) is 27.1 Å². The highest BCUT2D eigenvalue weighted by atomic mass is 79.9. The van der Waals surface area contributed by atoms with Gasteiger partial charge in [-0.3, -0.25) is 4.79 Å². The lowest BCUT2D eigenvalue weighted by molar-refractivity contribution is -0.159. The van der Waals surface area contributed by atoms with E-state index < -0.39 is 11.9 Å². The average Bonchev–Trinajstić information content (AvgIpc) is 2.38. The molecule has 1 aromatic rings. The first-order chi connectivity index (χ1) is 8.99. The first-order valence-electron chi connectivity index (χ1n) is 5.74. The second-order valence-electron chi connectivity index (χ2n) is 3.85. The van der Waals surface area contributed by atoms with Gasteiger partial charge in [0.15, 0.2) is 0 Å². The van der Waals surface area contributed by atoms with Crippen LogP contribution in [0.4, 0.5) is 0 Å². The summed E-state index contributed by atoms with van der Waals surface area (Å²) in [4.78, 5) is 24.3. The molecule has 0 aliphatic rings. The topological polar surface area (TPSA) is 55.8 Å². The number of benzene rings is 1. The maximum atomic E-state index is 11.7. The van der Waals surface area contributed by atoms with Gasteiger partial charge in [-0.05, 0) is 40.5 Å². The van der Waals surface area contributed by atoms with Crippen LogP contribution >= 0.6 is 15.9 Å². The van der Waals surface area contributed by atoms with Crippen LogP contribution in [0.1, 0.15) is 12.5 Å². The molecule has 0 aromatic heterocycles. The van der Waals surface area contributed by atoms with Crippen molar-refractivity contribution < 1.29 is 19.1 Å². The first-order valence-corrected chi connectivity index (χ1v) is 6.53. The minimum Gasteiger partial charge on any atom is -0.496 e. The molecule has 5 nitrogen and oxygen atoms in total. The molecule has 0 aliphatic carbocycles. The summed E-state index contributed by atoms with van der Waals surface area (Å²) in [6, 6.07) is 5.47. The van der Waals surface area contributed by atoms with Crippen LogP contribution in [0.25, 0.3) is 0 Å². The number of amides is 1. The van der Waals surface area contributed by atoms with Crippen LogP contribution in [0, 0.1) is 0 Å². The molecule has 0 saturated carbocycles. The number of rotatable bonds is 4. The van der Waals surface area contributed by atoms with Crippen molar-refractivity contribution in [3.05, 3.63) is 28.2 Å². The second-order valence-corrected chi connectivity index (χ2v) is 4.70. The Labute approximate surface area is 120 Å². The van der Waals surface area contributed by atoms with E-state index in [-0.39, 0.29) is 6.61 Å². The molecule has 19 heavy (non-hydrogen) atoms. The number of methoxy groups -OCH3 is 1. The summed E-state index contributed by atoms with van der Waals surface area (Å²) in [5, 5.41) is 0. The minimum atomic E-state index is -0.836. The highest BCUT2D eigenvalue weighted by molar-refractivity contribution is 9.10. The van der Waals surface area contributed by atoms with Crippen LogP contribution in [0.15, 0.2) is 22.7 Å². The van der Waals surface area contributed by atoms with E-state index in [0.717, 1.165) is 10.0 Å². The van der Waals surface area contributed by atoms with Gasteiger partial charge in [-0.15, -0.1) is 0 Å². The quantitative estimate of drug-likeness (QED) is 0.626. The van der Waals surface area contributed by atoms with Crippen molar-refractivity contribution in [1.82, 2.24) is 4.90 Å². The SMILES string of the molecule is CCOC(=O)C(=O)N(C)Cc1ccc(OC)c(Br)c1. The molecule has 1 rings (SSSR count). The molecular formula is C13H16BrNO4. The zero-order valence-electron chi connectivity index (χ0n) is 11.1. The Hall–Kier alpha value is -1.56. The number of hydrogen-bond acceptors (Lipinski definition) is 4. The van der Waals surface area contributed by atoms with Crippen LogP contribution in [0.3, 0.4) is 0 Å². The Morgan fingerprint density at radius 1 is 1.37 bits per heavy atom. The van der Waals surface area contributed by atoms with Gasteiger partial charge >= 0.3 is 11.9 Å². The third kappa shape index (κ3) is 4.24. The summed E-state index contributed by atoms with van der Waals surface area (Å²) in [6.45, 7) is 2.17. The van der Waals surface area contributed by atoms with E-state index in [2.05, 4.69) is 20.7 Å². The third-order valence-electron chi connectivity index (χ3n) is 2.43. The van der Waals surface area contributed by atoms with Crippen LogP contribution in [0.2, 0.25) is 0 Å². The fourth-order valence-electron chi connectivity index (χ4n) is 1.50. The van der Waals surface area contributed by atoms with Crippen LogP contribution < -0.4 is 4.74 Å². The monoisotopic (exact) mass is 329 g/mol. The van der Waals surface area contributed by atoms with Gasteiger partial charge < -0.3 is 14.4 Å². The molecule has 0 spiro atoms. The maximum absolute atomic E-state index is 11.7. The van der Waals surface area contributed by atoms with Gasteiger partial charge in [0.25, 0.3) is 0 Å². The van der Waals surface area contributed by atoms with Gasteiger partial charge in [-0.25, -0.2) is 4.79 Å². The minimum absolute atomic E-state index is 0.187. The smallest absolute Gasteiger partial charge is 0.397 e. The molecule has 1 amide bonds.